The van der Waals surface area contributed by atoms with Crippen LogP contribution in [-0.4, -0.2) is 10.1 Å². The molecule has 116 valence electrons. The molecule has 0 atom stereocenters. The summed E-state index contributed by atoms with van der Waals surface area (Å²) >= 11 is 0. The zero-order valence-corrected chi connectivity index (χ0v) is 13.5. The van der Waals surface area contributed by atoms with Gasteiger partial charge in [0.2, 0.25) is 0 Å². The van der Waals surface area contributed by atoms with Crippen LogP contribution in [0, 0.1) is 0 Å². The normalized spacial score (nSPS) is 11.4. The van der Waals surface area contributed by atoms with Gasteiger partial charge in [0.05, 0.1) is 6.61 Å². The molecular weight excluding hydrogens is 246 g/mol. The number of rotatable bonds is 12. The molecule has 0 spiro atoms. The number of aromatic nitrogens is 1. The molecule has 0 radical (unpaired) electrons. The summed E-state index contributed by atoms with van der Waals surface area (Å²) in [5.41, 5.74) is 2.36. The van der Waals surface area contributed by atoms with Gasteiger partial charge in [0, 0.05) is 11.9 Å². The molecule has 1 aromatic rings. The first kappa shape index (κ1) is 17.3. The highest BCUT2D eigenvalue weighted by Gasteiger charge is 2.13. The SMILES string of the molecule is CCCCCCC(CCCCCC)c1c[nH]c(CO)c1. The maximum Gasteiger partial charge on any atom is 0.0830 e. The number of H-pyrrole nitrogens is 1. The third-order valence-electron chi connectivity index (χ3n) is 4.22. The third-order valence-corrected chi connectivity index (χ3v) is 4.22. The van der Waals surface area contributed by atoms with Gasteiger partial charge in [-0.15, -0.1) is 0 Å². The van der Waals surface area contributed by atoms with Crippen LogP contribution in [0.1, 0.15) is 95.2 Å². The Labute approximate surface area is 125 Å². The molecule has 0 amide bonds. The van der Waals surface area contributed by atoms with E-state index in [9.17, 15) is 5.11 Å². The summed E-state index contributed by atoms with van der Waals surface area (Å²) in [5.74, 6) is 0.681. The summed E-state index contributed by atoms with van der Waals surface area (Å²) in [6.07, 6.45) is 15.4. The second-order valence-corrected chi connectivity index (χ2v) is 6.01. The number of nitrogens with one attached hydrogen (secondary N) is 1. The maximum absolute atomic E-state index is 9.19. The largest absolute Gasteiger partial charge is 0.390 e. The molecule has 2 nitrogen and oxygen atoms in total. The Morgan fingerprint density at radius 1 is 0.950 bits per heavy atom. The zero-order chi connectivity index (χ0) is 14.6. The third kappa shape index (κ3) is 6.60. The fraction of sp³-hybridized carbons (Fsp3) is 0.778. The number of aliphatic hydroxyl groups excluding tert-OH is 1. The monoisotopic (exact) mass is 279 g/mol. The highest BCUT2D eigenvalue weighted by molar-refractivity contribution is 5.20. The van der Waals surface area contributed by atoms with Crippen molar-refractivity contribution in [1.82, 2.24) is 4.98 Å². The van der Waals surface area contributed by atoms with E-state index in [1.54, 1.807) is 0 Å². The van der Waals surface area contributed by atoms with E-state index in [-0.39, 0.29) is 6.61 Å². The first-order chi connectivity index (χ1) is 9.81. The van der Waals surface area contributed by atoms with Gasteiger partial charge in [0.1, 0.15) is 0 Å². The fourth-order valence-corrected chi connectivity index (χ4v) is 2.90. The number of hydrogen-bond donors (Lipinski definition) is 2. The molecule has 0 bridgehead atoms. The summed E-state index contributed by atoms with van der Waals surface area (Å²) in [7, 11) is 0. The van der Waals surface area contributed by atoms with Gasteiger partial charge in [0.25, 0.3) is 0 Å². The van der Waals surface area contributed by atoms with E-state index in [0.717, 1.165) is 5.69 Å². The van der Waals surface area contributed by atoms with Crippen LogP contribution in [0.4, 0.5) is 0 Å². The highest BCUT2D eigenvalue weighted by Crippen LogP contribution is 2.29. The van der Waals surface area contributed by atoms with Crippen LogP contribution in [0.3, 0.4) is 0 Å². The summed E-state index contributed by atoms with van der Waals surface area (Å²) < 4.78 is 0. The quantitative estimate of drug-likeness (QED) is 0.485. The Balaban J connectivity index is 2.44. The van der Waals surface area contributed by atoms with Crippen LogP contribution in [0.5, 0.6) is 0 Å². The van der Waals surface area contributed by atoms with Gasteiger partial charge in [-0.2, -0.15) is 0 Å². The van der Waals surface area contributed by atoms with Gasteiger partial charge in [0.15, 0.2) is 0 Å². The van der Waals surface area contributed by atoms with E-state index >= 15 is 0 Å². The minimum absolute atomic E-state index is 0.123. The van der Waals surface area contributed by atoms with E-state index in [1.165, 1.54) is 69.8 Å². The van der Waals surface area contributed by atoms with Crippen LogP contribution in [0.15, 0.2) is 12.3 Å². The van der Waals surface area contributed by atoms with Gasteiger partial charge in [-0.25, -0.2) is 0 Å². The number of hydrogen-bond acceptors (Lipinski definition) is 1. The minimum atomic E-state index is 0.123. The first-order valence-electron chi connectivity index (χ1n) is 8.59. The molecule has 1 heterocycles. The molecular formula is C18H33NO. The predicted octanol–water partition coefficient (Wildman–Crippen LogP) is 5.53. The molecule has 0 aliphatic heterocycles. The highest BCUT2D eigenvalue weighted by atomic mass is 16.3. The molecule has 0 aliphatic carbocycles. The van der Waals surface area contributed by atoms with E-state index in [2.05, 4.69) is 31.1 Å². The molecule has 0 aromatic carbocycles. The van der Waals surface area contributed by atoms with Crippen molar-refractivity contribution in [3.8, 4) is 0 Å². The average Bonchev–Trinajstić information content (AvgIpc) is 2.94. The lowest BCUT2D eigenvalue weighted by Gasteiger charge is -2.15. The predicted molar refractivity (Wildman–Crippen MR) is 87.0 cm³/mol. The van der Waals surface area contributed by atoms with Gasteiger partial charge < -0.3 is 10.1 Å². The van der Waals surface area contributed by atoms with Crippen LogP contribution >= 0.6 is 0 Å². The fourth-order valence-electron chi connectivity index (χ4n) is 2.90. The summed E-state index contributed by atoms with van der Waals surface area (Å²) in [4.78, 5) is 3.19. The number of unbranched alkanes of at least 4 members (excludes halogenated alkanes) is 6. The Hall–Kier alpha value is -0.760. The van der Waals surface area contributed by atoms with Crippen molar-refractivity contribution in [3.05, 3.63) is 23.5 Å². The number of aromatic amines is 1. The molecule has 0 aliphatic rings. The first-order valence-corrected chi connectivity index (χ1v) is 8.59. The molecule has 0 saturated heterocycles. The lowest BCUT2D eigenvalue weighted by molar-refractivity contribution is 0.277. The Kier molecular flexibility index (Phi) is 9.48. The van der Waals surface area contributed by atoms with Gasteiger partial charge >= 0.3 is 0 Å². The van der Waals surface area contributed by atoms with E-state index in [4.69, 9.17) is 0 Å². The summed E-state index contributed by atoms with van der Waals surface area (Å²) in [6, 6.07) is 2.16. The van der Waals surface area contributed by atoms with Crippen molar-refractivity contribution in [2.75, 3.05) is 0 Å². The average molecular weight is 279 g/mol. The van der Waals surface area contributed by atoms with E-state index < -0.39 is 0 Å². The second-order valence-electron chi connectivity index (χ2n) is 6.01. The molecule has 0 unspecified atom stereocenters. The topological polar surface area (TPSA) is 36.0 Å². The molecule has 1 aromatic heterocycles. The van der Waals surface area contributed by atoms with Crippen molar-refractivity contribution in [2.45, 2.75) is 90.6 Å². The Bertz CT molecular complexity index is 320. The van der Waals surface area contributed by atoms with Crippen molar-refractivity contribution in [3.63, 3.8) is 0 Å². The van der Waals surface area contributed by atoms with Crippen molar-refractivity contribution in [1.29, 1.82) is 0 Å². The lowest BCUT2D eigenvalue weighted by atomic mass is 9.89. The second kappa shape index (κ2) is 11.0. The molecule has 0 saturated carbocycles. The molecule has 2 heteroatoms. The standard InChI is InChI=1S/C18H33NO/c1-3-5-7-9-11-16(12-10-8-6-4-2)17-13-18(15-20)19-14-17/h13-14,16,19-20H,3-12,15H2,1-2H3. The zero-order valence-electron chi connectivity index (χ0n) is 13.5. The molecule has 1 rings (SSSR count). The van der Waals surface area contributed by atoms with Crippen molar-refractivity contribution >= 4 is 0 Å². The number of aliphatic hydroxyl groups is 1. The van der Waals surface area contributed by atoms with Crippen LogP contribution < -0.4 is 0 Å². The minimum Gasteiger partial charge on any atom is -0.390 e. The maximum atomic E-state index is 9.19. The smallest absolute Gasteiger partial charge is 0.0830 e. The van der Waals surface area contributed by atoms with Crippen LogP contribution in [0.25, 0.3) is 0 Å². The van der Waals surface area contributed by atoms with Gasteiger partial charge in [-0.05, 0) is 30.4 Å². The molecule has 2 N–H and O–H groups in total. The Morgan fingerprint density at radius 2 is 1.55 bits per heavy atom. The summed E-state index contributed by atoms with van der Waals surface area (Å²) in [6.45, 7) is 4.65. The van der Waals surface area contributed by atoms with Crippen LogP contribution in [-0.2, 0) is 6.61 Å². The van der Waals surface area contributed by atoms with Gasteiger partial charge in [-0.3, -0.25) is 0 Å². The van der Waals surface area contributed by atoms with Crippen molar-refractivity contribution in [2.24, 2.45) is 0 Å². The Morgan fingerprint density at radius 3 is 2.00 bits per heavy atom. The van der Waals surface area contributed by atoms with Crippen molar-refractivity contribution < 1.29 is 5.11 Å². The molecule has 20 heavy (non-hydrogen) atoms. The van der Waals surface area contributed by atoms with Crippen LogP contribution in [0.2, 0.25) is 0 Å². The van der Waals surface area contributed by atoms with E-state index in [0.29, 0.717) is 5.92 Å². The molecule has 0 fully saturated rings. The summed E-state index contributed by atoms with van der Waals surface area (Å²) in [5, 5.41) is 9.19. The lowest BCUT2D eigenvalue weighted by Crippen LogP contribution is -1.98. The van der Waals surface area contributed by atoms with E-state index in [1.807, 2.05) is 0 Å². The van der Waals surface area contributed by atoms with Gasteiger partial charge in [-0.1, -0.05) is 65.2 Å².